The number of rotatable bonds is 6. The van der Waals surface area contributed by atoms with E-state index in [1.807, 2.05) is 49.4 Å². The average molecular weight is 369 g/mol. The van der Waals surface area contributed by atoms with Crippen molar-refractivity contribution in [1.29, 1.82) is 0 Å². The Morgan fingerprint density at radius 1 is 1.04 bits per heavy atom. The van der Waals surface area contributed by atoms with Gasteiger partial charge < -0.3 is 9.47 Å². The molecule has 1 aliphatic rings. The molecule has 0 heterocycles. The first kappa shape index (κ1) is 20.0. The highest BCUT2D eigenvalue weighted by Crippen LogP contribution is 2.38. The van der Waals surface area contributed by atoms with Gasteiger partial charge in [0.25, 0.3) is 0 Å². The van der Waals surface area contributed by atoms with Crippen LogP contribution in [0.25, 0.3) is 10.8 Å². The number of ketones is 1. The Kier molecular flexibility index (Phi) is 6.33. The third kappa shape index (κ3) is 5.40. The quantitative estimate of drug-likeness (QED) is 0.463. The van der Waals surface area contributed by atoms with Crippen LogP contribution in [-0.2, 0) is 9.47 Å². The largest absolute Gasteiger partial charge is 0.350 e. The zero-order valence-corrected chi connectivity index (χ0v) is 17.0. The van der Waals surface area contributed by atoms with Crippen molar-refractivity contribution in [3.63, 3.8) is 0 Å². The molecule has 3 rings (SSSR count). The van der Waals surface area contributed by atoms with Gasteiger partial charge in [-0.25, -0.2) is 0 Å². The molecule has 3 heteroatoms. The van der Waals surface area contributed by atoms with Gasteiger partial charge in [-0.05, 0) is 60.8 Å². The summed E-state index contributed by atoms with van der Waals surface area (Å²) in [6.07, 6.45) is 4.45. The second kappa shape index (κ2) is 8.53. The molecule has 2 aromatic rings. The van der Waals surface area contributed by atoms with Gasteiger partial charge in [0.15, 0.2) is 12.1 Å². The van der Waals surface area contributed by atoms with Gasteiger partial charge in [0.05, 0.1) is 6.10 Å². The molecular formula is C24H32O3. The molecule has 0 saturated heterocycles. The van der Waals surface area contributed by atoms with Gasteiger partial charge in [-0.3, -0.25) is 4.79 Å². The maximum Gasteiger partial charge on any atom is 0.188 e. The fourth-order valence-corrected chi connectivity index (χ4v) is 4.01. The zero-order valence-electron chi connectivity index (χ0n) is 17.0. The van der Waals surface area contributed by atoms with Crippen molar-refractivity contribution in [3.8, 4) is 0 Å². The zero-order chi connectivity index (χ0) is 19.4. The molecule has 1 unspecified atom stereocenters. The van der Waals surface area contributed by atoms with Crippen molar-refractivity contribution in [2.24, 2.45) is 11.3 Å². The summed E-state index contributed by atoms with van der Waals surface area (Å²) >= 11 is 0. The highest BCUT2D eigenvalue weighted by Gasteiger charge is 2.30. The van der Waals surface area contributed by atoms with Gasteiger partial charge in [0, 0.05) is 5.56 Å². The van der Waals surface area contributed by atoms with Crippen molar-refractivity contribution in [3.05, 3.63) is 48.0 Å². The number of benzene rings is 2. The van der Waals surface area contributed by atoms with E-state index in [-0.39, 0.29) is 24.8 Å². The van der Waals surface area contributed by atoms with Crippen LogP contribution in [0, 0.1) is 11.3 Å². The van der Waals surface area contributed by atoms with Crippen LogP contribution >= 0.6 is 0 Å². The van der Waals surface area contributed by atoms with Crippen molar-refractivity contribution in [2.45, 2.75) is 65.8 Å². The van der Waals surface area contributed by atoms with Crippen LogP contribution in [-0.4, -0.2) is 24.8 Å². The standard InChI is InChI=1S/C24H32O3/c1-17(27-22-13-11-21(12-14-22)24(2,3)4)26-16-23(25)20-10-9-18-7-5-6-8-19(18)15-20/h5-10,15,17,21-22H,11-14,16H2,1-4H3. The van der Waals surface area contributed by atoms with Crippen molar-refractivity contribution in [2.75, 3.05) is 6.61 Å². The van der Waals surface area contributed by atoms with Gasteiger partial charge in [-0.1, -0.05) is 57.2 Å². The van der Waals surface area contributed by atoms with Gasteiger partial charge in [-0.15, -0.1) is 0 Å². The molecule has 0 radical (unpaired) electrons. The van der Waals surface area contributed by atoms with Gasteiger partial charge >= 0.3 is 0 Å². The van der Waals surface area contributed by atoms with E-state index in [1.54, 1.807) is 0 Å². The van der Waals surface area contributed by atoms with Gasteiger partial charge in [0.2, 0.25) is 0 Å². The minimum atomic E-state index is -0.356. The lowest BCUT2D eigenvalue weighted by atomic mass is 9.72. The lowest BCUT2D eigenvalue weighted by molar-refractivity contribution is -0.163. The Balaban J connectivity index is 1.46. The van der Waals surface area contributed by atoms with E-state index >= 15 is 0 Å². The molecular weight excluding hydrogens is 336 g/mol. The van der Waals surface area contributed by atoms with Gasteiger partial charge in [0.1, 0.15) is 6.61 Å². The molecule has 1 aliphatic carbocycles. The van der Waals surface area contributed by atoms with E-state index in [0.717, 1.165) is 29.5 Å². The third-order valence-electron chi connectivity index (χ3n) is 5.80. The molecule has 2 aromatic carbocycles. The topological polar surface area (TPSA) is 35.5 Å². The van der Waals surface area contributed by atoms with E-state index < -0.39 is 0 Å². The van der Waals surface area contributed by atoms with E-state index in [2.05, 4.69) is 20.8 Å². The summed E-state index contributed by atoms with van der Waals surface area (Å²) in [5, 5.41) is 2.21. The number of carbonyl (C=O) groups is 1. The van der Waals surface area contributed by atoms with Crippen LogP contribution in [0.1, 0.15) is 63.7 Å². The lowest BCUT2D eigenvalue weighted by Gasteiger charge is -2.37. The molecule has 0 bridgehead atoms. The monoisotopic (exact) mass is 368 g/mol. The summed E-state index contributed by atoms with van der Waals surface area (Å²) in [7, 11) is 0. The summed E-state index contributed by atoms with van der Waals surface area (Å²) < 4.78 is 11.7. The number of Topliss-reactive ketones (excluding diaryl/α,β-unsaturated/α-hetero) is 1. The Morgan fingerprint density at radius 2 is 1.70 bits per heavy atom. The van der Waals surface area contributed by atoms with Crippen LogP contribution < -0.4 is 0 Å². The third-order valence-corrected chi connectivity index (χ3v) is 5.80. The molecule has 27 heavy (non-hydrogen) atoms. The number of hydrogen-bond acceptors (Lipinski definition) is 3. The summed E-state index contributed by atoms with van der Waals surface area (Å²) in [6.45, 7) is 8.91. The Bertz CT molecular complexity index is 767. The molecule has 0 spiro atoms. The SMILES string of the molecule is CC(OCC(=O)c1ccc2ccccc2c1)OC1CCC(C(C)(C)C)CC1. The maximum absolute atomic E-state index is 12.5. The second-order valence-electron chi connectivity index (χ2n) is 8.84. The number of hydrogen-bond donors (Lipinski definition) is 0. The van der Waals surface area contributed by atoms with Crippen molar-refractivity contribution < 1.29 is 14.3 Å². The van der Waals surface area contributed by atoms with Crippen LogP contribution in [0.15, 0.2) is 42.5 Å². The Morgan fingerprint density at radius 3 is 2.37 bits per heavy atom. The summed E-state index contributed by atoms with van der Waals surface area (Å²) in [5.41, 5.74) is 1.06. The number of fused-ring (bicyclic) bond motifs is 1. The van der Waals surface area contributed by atoms with E-state index in [1.165, 1.54) is 12.8 Å². The minimum Gasteiger partial charge on any atom is -0.350 e. The molecule has 0 N–H and O–H groups in total. The summed E-state index contributed by atoms with van der Waals surface area (Å²) in [6, 6.07) is 13.8. The smallest absolute Gasteiger partial charge is 0.188 e. The number of carbonyl (C=O) groups excluding carboxylic acids is 1. The average Bonchev–Trinajstić information content (AvgIpc) is 2.65. The van der Waals surface area contributed by atoms with Crippen LogP contribution in [0.2, 0.25) is 0 Å². The van der Waals surface area contributed by atoms with E-state index in [9.17, 15) is 4.79 Å². The number of ether oxygens (including phenoxy) is 2. The highest BCUT2D eigenvalue weighted by molar-refractivity contribution is 6.00. The molecule has 1 fully saturated rings. The van der Waals surface area contributed by atoms with Crippen LogP contribution in [0.4, 0.5) is 0 Å². The molecule has 0 aliphatic heterocycles. The van der Waals surface area contributed by atoms with E-state index in [4.69, 9.17) is 9.47 Å². The first-order valence-corrected chi connectivity index (χ1v) is 10.1. The predicted octanol–water partition coefficient (Wildman–Crippen LogP) is 6.01. The first-order valence-electron chi connectivity index (χ1n) is 10.1. The van der Waals surface area contributed by atoms with Crippen molar-refractivity contribution >= 4 is 16.6 Å². The van der Waals surface area contributed by atoms with E-state index in [0.29, 0.717) is 11.0 Å². The second-order valence-corrected chi connectivity index (χ2v) is 8.84. The molecule has 146 valence electrons. The summed E-state index contributed by atoms with van der Waals surface area (Å²) in [5.74, 6) is 0.760. The van der Waals surface area contributed by atoms with Crippen LogP contribution in [0.5, 0.6) is 0 Å². The molecule has 1 saturated carbocycles. The normalized spacial score (nSPS) is 21.9. The molecule has 0 amide bonds. The Labute approximate surface area is 163 Å². The predicted molar refractivity (Wildman–Crippen MR) is 110 cm³/mol. The molecule has 0 aromatic heterocycles. The summed E-state index contributed by atoms with van der Waals surface area (Å²) in [4.78, 5) is 12.5. The fourth-order valence-electron chi connectivity index (χ4n) is 4.01. The minimum absolute atomic E-state index is 0.00681. The van der Waals surface area contributed by atoms with Crippen molar-refractivity contribution in [1.82, 2.24) is 0 Å². The molecule has 3 nitrogen and oxygen atoms in total. The van der Waals surface area contributed by atoms with Gasteiger partial charge in [-0.2, -0.15) is 0 Å². The highest BCUT2D eigenvalue weighted by atomic mass is 16.7. The lowest BCUT2D eigenvalue weighted by Crippen LogP contribution is -2.32. The van der Waals surface area contributed by atoms with Crippen LogP contribution in [0.3, 0.4) is 0 Å². The maximum atomic E-state index is 12.5. The molecule has 1 atom stereocenters. The fraction of sp³-hybridized carbons (Fsp3) is 0.542. The first-order chi connectivity index (χ1) is 12.8. The Hall–Kier alpha value is -1.71.